The van der Waals surface area contributed by atoms with Crippen LogP contribution in [0.2, 0.25) is 0 Å². The van der Waals surface area contributed by atoms with Crippen LogP contribution in [0.3, 0.4) is 0 Å². The molecule has 2 aromatic rings. The molecule has 5 nitrogen and oxygen atoms in total. The first kappa shape index (κ1) is 8.68. The topological polar surface area (TPSA) is 55.6 Å². The third kappa shape index (κ3) is 1.87. The van der Waals surface area contributed by atoms with Gasteiger partial charge in [-0.25, -0.2) is 4.98 Å². The molecule has 0 bridgehead atoms. The van der Waals surface area contributed by atoms with Crippen molar-refractivity contribution in [2.45, 2.75) is 6.54 Å². The van der Waals surface area contributed by atoms with Gasteiger partial charge in [-0.2, -0.15) is 0 Å². The first-order chi connectivity index (χ1) is 6.86. The Bertz CT molecular complexity index is 395. The molecule has 2 heterocycles. The van der Waals surface area contributed by atoms with E-state index < -0.39 is 0 Å². The van der Waals surface area contributed by atoms with E-state index in [9.17, 15) is 0 Å². The molecule has 0 aliphatic carbocycles. The number of anilines is 1. The van der Waals surface area contributed by atoms with Crippen LogP contribution < -0.4 is 5.32 Å². The summed E-state index contributed by atoms with van der Waals surface area (Å²) in [7, 11) is 1.91. The minimum atomic E-state index is 0.632. The molecule has 0 aromatic carbocycles. The first-order valence-electron chi connectivity index (χ1n) is 4.34. The van der Waals surface area contributed by atoms with Crippen molar-refractivity contribution in [3.05, 3.63) is 36.5 Å². The second kappa shape index (κ2) is 3.87. The molecule has 0 fully saturated rings. The monoisotopic (exact) mass is 189 g/mol. The van der Waals surface area contributed by atoms with E-state index in [1.54, 1.807) is 12.5 Å². The maximum absolute atomic E-state index is 4.14. The largest absolute Gasteiger partial charge is 0.363 e. The Morgan fingerprint density at radius 2 is 2.36 bits per heavy atom. The van der Waals surface area contributed by atoms with Crippen molar-refractivity contribution in [1.82, 2.24) is 19.7 Å². The van der Waals surface area contributed by atoms with E-state index in [2.05, 4.69) is 20.5 Å². The molecule has 72 valence electrons. The number of nitrogens with one attached hydrogen (secondary N) is 1. The summed E-state index contributed by atoms with van der Waals surface area (Å²) >= 11 is 0. The van der Waals surface area contributed by atoms with E-state index in [-0.39, 0.29) is 0 Å². The van der Waals surface area contributed by atoms with Crippen LogP contribution >= 0.6 is 0 Å². The summed E-state index contributed by atoms with van der Waals surface area (Å²) < 4.78 is 1.87. The van der Waals surface area contributed by atoms with Gasteiger partial charge in [0.1, 0.15) is 12.1 Å². The third-order valence-electron chi connectivity index (χ3n) is 1.90. The van der Waals surface area contributed by atoms with Crippen LogP contribution in [0.15, 0.2) is 30.7 Å². The average Bonchev–Trinajstić information content (AvgIpc) is 2.63. The SMILES string of the molecule is Cn1cnnc1CNc1ccccn1. The number of hydrogen-bond donors (Lipinski definition) is 1. The molecule has 0 aliphatic rings. The fraction of sp³-hybridized carbons (Fsp3) is 0.222. The maximum Gasteiger partial charge on any atom is 0.151 e. The smallest absolute Gasteiger partial charge is 0.151 e. The summed E-state index contributed by atoms with van der Waals surface area (Å²) in [6, 6.07) is 5.73. The number of aromatic nitrogens is 4. The molecule has 0 aliphatic heterocycles. The fourth-order valence-electron chi connectivity index (χ4n) is 1.10. The lowest BCUT2D eigenvalue weighted by Crippen LogP contribution is -2.06. The van der Waals surface area contributed by atoms with Gasteiger partial charge in [0, 0.05) is 13.2 Å². The first-order valence-corrected chi connectivity index (χ1v) is 4.34. The van der Waals surface area contributed by atoms with Crippen LogP contribution in [0.25, 0.3) is 0 Å². The lowest BCUT2D eigenvalue weighted by Gasteiger charge is -2.03. The van der Waals surface area contributed by atoms with E-state index in [1.807, 2.05) is 29.8 Å². The van der Waals surface area contributed by atoms with Gasteiger partial charge in [-0.05, 0) is 12.1 Å². The summed E-state index contributed by atoms with van der Waals surface area (Å²) in [5.41, 5.74) is 0. The van der Waals surface area contributed by atoms with Gasteiger partial charge in [0.2, 0.25) is 0 Å². The Kier molecular flexibility index (Phi) is 2.40. The Labute approximate surface area is 81.8 Å². The second-order valence-electron chi connectivity index (χ2n) is 2.93. The molecule has 1 N–H and O–H groups in total. The quantitative estimate of drug-likeness (QED) is 0.776. The number of pyridine rings is 1. The maximum atomic E-state index is 4.14. The van der Waals surface area contributed by atoms with Crippen molar-refractivity contribution < 1.29 is 0 Å². The molecule has 0 saturated carbocycles. The molecule has 0 radical (unpaired) electrons. The van der Waals surface area contributed by atoms with E-state index in [0.717, 1.165) is 11.6 Å². The van der Waals surface area contributed by atoms with Crippen molar-refractivity contribution in [3.63, 3.8) is 0 Å². The molecule has 0 atom stereocenters. The highest BCUT2D eigenvalue weighted by molar-refractivity contribution is 5.33. The second-order valence-corrected chi connectivity index (χ2v) is 2.93. The van der Waals surface area contributed by atoms with Crippen molar-refractivity contribution in [3.8, 4) is 0 Å². The van der Waals surface area contributed by atoms with Crippen LogP contribution in [0, 0.1) is 0 Å². The van der Waals surface area contributed by atoms with E-state index >= 15 is 0 Å². The van der Waals surface area contributed by atoms with E-state index in [4.69, 9.17) is 0 Å². The molecule has 2 aromatic heterocycles. The normalized spacial score (nSPS) is 10.1. The summed E-state index contributed by atoms with van der Waals surface area (Å²) in [5.74, 6) is 1.73. The molecule has 0 unspecified atom stereocenters. The lowest BCUT2D eigenvalue weighted by molar-refractivity contribution is 0.810. The summed E-state index contributed by atoms with van der Waals surface area (Å²) in [4.78, 5) is 4.14. The predicted molar refractivity (Wildman–Crippen MR) is 52.6 cm³/mol. The van der Waals surface area contributed by atoms with Crippen molar-refractivity contribution in [2.75, 3.05) is 5.32 Å². The minimum Gasteiger partial charge on any atom is -0.363 e. The summed E-state index contributed by atoms with van der Waals surface area (Å²) in [5, 5.41) is 10.9. The van der Waals surface area contributed by atoms with Gasteiger partial charge in [0.15, 0.2) is 5.82 Å². The van der Waals surface area contributed by atoms with Gasteiger partial charge >= 0.3 is 0 Å². The molecule has 0 spiro atoms. The fourth-order valence-corrected chi connectivity index (χ4v) is 1.10. The standard InChI is InChI=1S/C9H11N5/c1-14-7-12-13-9(14)6-11-8-4-2-3-5-10-8/h2-5,7H,6H2,1H3,(H,10,11). The summed E-state index contributed by atoms with van der Waals surface area (Å²) in [6.07, 6.45) is 3.43. The van der Waals surface area contributed by atoms with Crippen molar-refractivity contribution in [2.24, 2.45) is 7.05 Å². The van der Waals surface area contributed by atoms with E-state index in [0.29, 0.717) is 6.54 Å². The van der Waals surface area contributed by atoms with Crippen molar-refractivity contribution in [1.29, 1.82) is 0 Å². The van der Waals surface area contributed by atoms with Gasteiger partial charge in [-0.1, -0.05) is 6.07 Å². The van der Waals surface area contributed by atoms with Gasteiger partial charge in [0.05, 0.1) is 6.54 Å². The van der Waals surface area contributed by atoms with E-state index in [1.165, 1.54) is 0 Å². The zero-order valence-electron chi connectivity index (χ0n) is 7.88. The lowest BCUT2D eigenvalue weighted by atomic mass is 10.4. The highest BCUT2D eigenvalue weighted by Crippen LogP contribution is 2.01. The minimum absolute atomic E-state index is 0.632. The van der Waals surface area contributed by atoms with Crippen LogP contribution in [-0.2, 0) is 13.6 Å². The number of hydrogen-bond acceptors (Lipinski definition) is 4. The van der Waals surface area contributed by atoms with Crippen LogP contribution in [0.1, 0.15) is 5.82 Å². The Morgan fingerprint density at radius 3 is 3.00 bits per heavy atom. The zero-order chi connectivity index (χ0) is 9.80. The number of nitrogens with zero attached hydrogens (tertiary/aromatic N) is 4. The van der Waals surface area contributed by atoms with Gasteiger partial charge < -0.3 is 9.88 Å². The average molecular weight is 189 g/mol. The Hall–Kier alpha value is -1.91. The van der Waals surface area contributed by atoms with Crippen molar-refractivity contribution >= 4 is 5.82 Å². The van der Waals surface area contributed by atoms with Crippen LogP contribution in [-0.4, -0.2) is 19.7 Å². The highest BCUT2D eigenvalue weighted by Gasteiger charge is 1.99. The Morgan fingerprint density at radius 1 is 1.43 bits per heavy atom. The molecule has 0 saturated heterocycles. The molecular weight excluding hydrogens is 178 g/mol. The molecule has 0 amide bonds. The predicted octanol–water partition coefficient (Wildman–Crippen LogP) is 0.822. The third-order valence-corrected chi connectivity index (χ3v) is 1.90. The number of rotatable bonds is 3. The van der Waals surface area contributed by atoms with Gasteiger partial charge in [-0.3, -0.25) is 0 Å². The molecule has 2 rings (SSSR count). The number of aryl methyl sites for hydroxylation is 1. The summed E-state index contributed by atoms with van der Waals surface area (Å²) in [6.45, 7) is 0.632. The molecule has 14 heavy (non-hydrogen) atoms. The molecular formula is C9H11N5. The van der Waals surface area contributed by atoms with Crippen LogP contribution in [0.5, 0.6) is 0 Å². The van der Waals surface area contributed by atoms with Gasteiger partial charge in [-0.15, -0.1) is 10.2 Å². The zero-order valence-corrected chi connectivity index (χ0v) is 7.88. The van der Waals surface area contributed by atoms with Crippen LogP contribution in [0.4, 0.5) is 5.82 Å². The van der Waals surface area contributed by atoms with Gasteiger partial charge in [0.25, 0.3) is 0 Å². The Balaban J connectivity index is 1.99. The molecule has 5 heteroatoms. The highest BCUT2D eigenvalue weighted by atomic mass is 15.3.